The minimum absolute atomic E-state index is 0.00226. The Labute approximate surface area is 262 Å². The lowest BCUT2D eigenvalue weighted by Gasteiger charge is -2.50. The van der Waals surface area contributed by atoms with Crippen LogP contribution in [0.2, 0.25) is 5.04 Å². The lowest BCUT2D eigenvalue weighted by atomic mass is 9.91. The van der Waals surface area contributed by atoms with E-state index in [1.54, 1.807) is 0 Å². The molecule has 1 N–H and O–H groups in total. The van der Waals surface area contributed by atoms with Gasteiger partial charge in [0.25, 0.3) is 14.3 Å². The van der Waals surface area contributed by atoms with Crippen molar-refractivity contribution < 1.29 is 18.6 Å². The molecule has 43 heavy (non-hydrogen) atoms. The fourth-order valence-electron chi connectivity index (χ4n) is 6.29. The van der Waals surface area contributed by atoms with Crippen LogP contribution in [0, 0.1) is 5.41 Å². The first-order valence-electron chi connectivity index (χ1n) is 16.4. The van der Waals surface area contributed by atoms with Gasteiger partial charge >= 0.3 is 0 Å². The molecular weight excluding hydrogens is 550 g/mol. The maximum atomic E-state index is 7.07. The maximum Gasteiger partial charge on any atom is 0.282 e. The number of hydrogen-bond acceptors (Lipinski definition) is 5. The summed E-state index contributed by atoms with van der Waals surface area (Å²) in [6, 6.07) is 22.3. The van der Waals surface area contributed by atoms with Crippen molar-refractivity contribution in [1.29, 1.82) is 0 Å². The molecule has 1 atom stereocenters. The van der Waals surface area contributed by atoms with E-state index in [1.807, 2.05) is 0 Å². The molecule has 0 saturated carbocycles. The van der Waals surface area contributed by atoms with Crippen molar-refractivity contribution >= 4 is 18.7 Å². The average molecular weight is 606 g/mol. The highest BCUT2D eigenvalue weighted by Gasteiger charge is 2.50. The highest BCUT2D eigenvalue weighted by atomic mass is 28.4. The van der Waals surface area contributed by atoms with Crippen molar-refractivity contribution in [1.82, 2.24) is 5.32 Å². The van der Waals surface area contributed by atoms with Crippen molar-refractivity contribution in [2.24, 2.45) is 5.41 Å². The van der Waals surface area contributed by atoms with Crippen molar-refractivity contribution in [2.75, 3.05) is 33.0 Å². The van der Waals surface area contributed by atoms with Crippen LogP contribution < -0.4 is 15.7 Å². The molecule has 0 aromatic heterocycles. The first kappa shape index (κ1) is 33.8. The summed E-state index contributed by atoms with van der Waals surface area (Å²) < 4.78 is 24.7. The van der Waals surface area contributed by atoms with E-state index >= 15 is 0 Å². The lowest BCUT2D eigenvalue weighted by molar-refractivity contribution is -0.467. The molecule has 0 amide bonds. The molecule has 0 radical (unpaired) electrons. The van der Waals surface area contributed by atoms with Crippen molar-refractivity contribution in [3.05, 3.63) is 85.0 Å². The molecule has 236 valence electrons. The SMILES string of the molecule is CCC[C@@H](C/C=C\C/C=C\CCCC12OCC(C)(CO1)CO2)NCCO[Si](c1ccccc1)(c1ccccc1)C(C)(C)C. The zero-order valence-corrected chi connectivity index (χ0v) is 28.3. The average Bonchev–Trinajstić information content (AvgIpc) is 3.01. The maximum absolute atomic E-state index is 7.07. The Morgan fingerprint density at radius 3 is 2.02 bits per heavy atom. The van der Waals surface area contributed by atoms with E-state index in [9.17, 15) is 0 Å². The first-order valence-corrected chi connectivity index (χ1v) is 18.3. The second-order valence-corrected chi connectivity index (χ2v) is 17.9. The molecule has 3 aliphatic rings. The molecule has 3 fully saturated rings. The predicted molar refractivity (Wildman–Crippen MR) is 180 cm³/mol. The number of rotatable bonds is 17. The van der Waals surface area contributed by atoms with Gasteiger partial charge in [0, 0.05) is 31.0 Å². The Morgan fingerprint density at radius 2 is 1.47 bits per heavy atom. The number of benzene rings is 2. The summed E-state index contributed by atoms with van der Waals surface area (Å²) >= 11 is 0. The zero-order chi connectivity index (χ0) is 30.7. The fourth-order valence-corrected chi connectivity index (χ4v) is 10.8. The quantitative estimate of drug-likeness (QED) is 0.118. The van der Waals surface area contributed by atoms with Crippen LogP contribution in [0.25, 0.3) is 0 Å². The zero-order valence-electron chi connectivity index (χ0n) is 27.3. The summed E-state index contributed by atoms with van der Waals surface area (Å²) in [7, 11) is -2.49. The summed E-state index contributed by atoms with van der Waals surface area (Å²) in [5.74, 6) is -0.794. The van der Waals surface area contributed by atoms with Gasteiger partial charge in [-0.1, -0.05) is 126 Å². The van der Waals surface area contributed by atoms with Crippen molar-refractivity contribution in [3.8, 4) is 0 Å². The molecule has 3 saturated heterocycles. The monoisotopic (exact) mass is 605 g/mol. The highest BCUT2D eigenvalue weighted by Crippen LogP contribution is 2.40. The molecule has 5 nitrogen and oxygen atoms in total. The topological polar surface area (TPSA) is 49.0 Å². The Bertz CT molecular complexity index is 1080. The lowest BCUT2D eigenvalue weighted by Crippen LogP contribution is -2.67. The first-order chi connectivity index (χ1) is 20.7. The van der Waals surface area contributed by atoms with Gasteiger partial charge in [-0.3, -0.25) is 0 Å². The Morgan fingerprint density at radius 1 is 0.884 bits per heavy atom. The van der Waals surface area contributed by atoms with Crippen LogP contribution in [-0.4, -0.2) is 53.3 Å². The van der Waals surface area contributed by atoms with Crippen LogP contribution in [0.3, 0.4) is 0 Å². The summed E-state index contributed by atoms with van der Waals surface area (Å²) in [5, 5.41) is 6.47. The van der Waals surface area contributed by atoms with E-state index in [4.69, 9.17) is 18.6 Å². The summed E-state index contributed by atoms with van der Waals surface area (Å²) in [5.41, 5.74) is 0.0257. The smallest absolute Gasteiger partial charge is 0.282 e. The van der Waals surface area contributed by atoms with E-state index in [1.165, 1.54) is 16.8 Å². The Hall–Kier alpha value is -2.06. The predicted octanol–water partition coefficient (Wildman–Crippen LogP) is 7.12. The van der Waals surface area contributed by atoms with Gasteiger partial charge in [0.05, 0.1) is 19.8 Å². The second kappa shape index (κ2) is 15.8. The van der Waals surface area contributed by atoms with Crippen molar-refractivity contribution in [3.63, 3.8) is 0 Å². The van der Waals surface area contributed by atoms with Gasteiger partial charge in [-0.05, 0) is 47.5 Å². The normalized spacial score (nSPS) is 23.4. The fraction of sp³-hybridized carbons (Fsp3) is 0.568. The highest BCUT2D eigenvalue weighted by molar-refractivity contribution is 6.99. The second-order valence-electron chi connectivity index (χ2n) is 13.6. The number of ether oxygens (including phenoxy) is 3. The van der Waals surface area contributed by atoms with Crippen LogP contribution in [0.4, 0.5) is 0 Å². The molecule has 2 aromatic rings. The standard InChI is InChI=1S/C37H55NO4Si/c1-6-20-32(21-14-10-8-7-9-11-19-26-37-39-29-36(5,30-40-37)31-41-37)38-27-28-42-43(35(2,3)4,33-22-15-12-16-23-33)34-24-17-13-18-25-34/h7,9-10,12-18,22-25,32,38H,6,8,11,19-21,26-31H2,1-5H3/b9-7-,14-10-/t32-,36?,37?/m0/s1. The van der Waals surface area contributed by atoms with Gasteiger partial charge in [-0.15, -0.1) is 0 Å². The third kappa shape index (κ3) is 9.00. The molecular formula is C37H55NO4Si. The van der Waals surface area contributed by atoms with E-state index in [0.717, 1.165) is 64.9 Å². The molecule has 0 aliphatic carbocycles. The van der Waals surface area contributed by atoms with Gasteiger partial charge in [0.2, 0.25) is 0 Å². The number of fused-ring (bicyclic) bond motifs is 3. The number of unbranched alkanes of at least 4 members (excludes halogenated alkanes) is 1. The Kier molecular flexibility index (Phi) is 12.4. The van der Waals surface area contributed by atoms with Crippen LogP contribution in [-0.2, 0) is 18.6 Å². The molecule has 0 unspecified atom stereocenters. The summed E-state index contributed by atoms with van der Waals surface area (Å²) in [6.45, 7) is 15.2. The molecule has 3 aliphatic heterocycles. The number of allylic oxidation sites excluding steroid dienone is 3. The minimum Gasteiger partial charge on any atom is -0.406 e. The number of nitrogens with one attached hydrogen (secondary N) is 1. The van der Waals surface area contributed by atoms with Gasteiger partial charge in [-0.25, -0.2) is 0 Å². The van der Waals surface area contributed by atoms with Crippen LogP contribution in [0.5, 0.6) is 0 Å². The van der Waals surface area contributed by atoms with E-state index in [0.29, 0.717) is 12.6 Å². The molecule has 3 heterocycles. The van der Waals surface area contributed by atoms with E-state index in [-0.39, 0.29) is 10.5 Å². The summed E-state index contributed by atoms with van der Waals surface area (Å²) in [4.78, 5) is 0. The third-order valence-corrected chi connectivity index (χ3v) is 13.8. The van der Waals surface area contributed by atoms with Crippen LogP contribution >= 0.6 is 0 Å². The van der Waals surface area contributed by atoms with E-state index < -0.39 is 14.3 Å². The third-order valence-electron chi connectivity index (χ3n) is 8.71. The van der Waals surface area contributed by atoms with Crippen molar-refractivity contribution in [2.45, 2.75) is 96.6 Å². The van der Waals surface area contributed by atoms with Crippen LogP contribution in [0.15, 0.2) is 85.0 Å². The molecule has 6 heteroatoms. The summed E-state index contributed by atoms with van der Waals surface area (Å²) in [6.07, 6.45) is 16.3. The van der Waals surface area contributed by atoms with Gasteiger partial charge < -0.3 is 24.0 Å². The molecule has 0 spiro atoms. The largest absolute Gasteiger partial charge is 0.406 e. The number of hydrogen-bond donors (Lipinski definition) is 1. The van der Waals surface area contributed by atoms with Gasteiger partial charge in [-0.2, -0.15) is 0 Å². The van der Waals surface area contributed by atoms with Gasteiger partial charge in [0.15, 0.2) is 0 Å². The molecule has 2 aromatic carbocycles. The molecule has 2 bridgehead atoms. The van der Waals surface area contributed by atoms with Crippen LogP contribution in [0.1, 0.15) is 79.6 Å². The van der Waals surface area contributed by atoms with E-state index in [2.05, 4.69) is 125 Å². The van der Waals surface area contributed by atoms with Gasteiger partial charge in [0.1, 0.15) is 0 Å². The minimum atomic E-state index is -2.49. The Balaban J connectivity index is 1.21. The molecule has 5 rings (SSSR count).